The highest BCUT2D eigenvalue weighted by molar-refractivity contribution is 5.97. The summed E-state index contributed by atoms with van der Waals surface area (Å²) in [5.74, 6) is 2.48. The molecule has 2 aromatic carbocycles. The van der Waals surface area contributed by atoms with Gasteiger partial charge in [-0.25, -0.2) is 4.98 Å². The highest BCUT2D eigenvalue weighted by Gasteiger charge is 2.28. The molecule has 0 unspecified atom stereocenters. The van der Waals surface area contributed by atoms with E-state index in [2.05, 4.69) is 41.0 Å². The average Bonchev–Trinajstić information content (AvgIpc) is 3.43. The molecule has 2 heterocycles. The van der Waals surface area contributed by atoms with Gasteiger partial charge in [-0.1, -0.05) is 55.9 Å². The van der Waals surface area contributed by atoms with Gasteiger partial charge in [0.15, 0.2) is 0 Å². The Balaban J connectivity index is 0.000000994. The molecule has 2 aromatic heterocycles. The molecule has 0 atom stereocenters. The number of imidazole rings is 1. The van der Waals surface area contributed by atoms with E-state index in [1.807, 2.05) is 45.9 Å². The van der Waals surface area contributed by atoms with E-state index >= 15 is 0 Å². The highest BCUT2D eigenvalue weighted by atomic mass is 16.5. The van der Waals surface area contributed by atoms with E-state index < -0.39 is 0 Å². The third-order valence-electron chi connectivity index (χ3n) is 5.34. The number of aromatic amines is 1. The van der Waals surface area contributed by atoms with Crippen molar-refractivity contribution < 1.29 is 4.52 Å². The van der Waals surface area contributed by atoms with Gasteiger partial charge >= 0.3 is 0 Å². The molecule has 0 saturated heterocycles. The molecule has 0 aliphatic heterocycles. The molecular formula is C25H27N3O. The van der Waals surface area contributed by atoms with Crippen LogP contribution < -0.4 is 0 Å². The Kier molecular flexibility index (Phi) is 5.10. The Labute approximate surface area is 171 Å². The van der Waals surface area contributed by atoms with Gasteiger partial charge in [-0.05, 0) is 55.5 Å². The number of benzene rings is 2. The summed E-state index contributed by atoms with van der Waals surface area (Å²) in [5, 5.41) is 4.13. The van der Waals surface area contributed by atoms with Crippen LogP contribution in [-0.4, -0.2) is 15.1 Å². The van der Waals surface area contributed by atoms with Gasteiger partial charge < -0.3 is 9.51 Å². The van der Waals surface area contributed by atoms with E-state index in [9.17, 15) is 0 Å². The maximum absolute atomic E-state index is 5.40. The molecule has 1 fully saturated rings. The van der Waals surface area contributed by atoms with Crippen LogP contribution in [0.15, 0.2) is 53.6 Å². The van der Waals surface area contributed by atoms with Gasteiger partial charge in [0.05, 0.1) is 16.7 Å². The number of H-pyrrole nitrogens is 1. The molecule has 148 valence electrons. The smallest absolute Gasteiger partial charge is 0.141 e. The van der Waals surface area contributed by atoms with E-state index in [1.165, 1.54) is 12.8 Å². The lowest BCUT2D eigenvalue weighted by Gasteiger charge is -2.10. The van der Waals surface area contributed by atoms with Gasteiger partial charge in [-0.15, -0.1) is 0 Å². The van der Waals surface area contributed by atoms with Crippen molar-refractivity contribution in [1.29, 1.82) is 0 Å². The fraction of sp³-hybridized carbons (Fsp3) is 0.280. The quantitative estimate of drug-likeness (QED) is 0.420. The minimum atomic E-state index is 0.567. The van der Waals surface area contributed by atoms with Crippen molar-refractivity contribution >= 4 is 16.6 Å². The second-order valence-electron chi connectivity index (χ2n) is 7.36. The molecular weight excluding hydrogens is 358 g/mol. The van der Waals surface area contributed by atoms with E-state index in [0.717, 1.165) is 56.1 Å². The van der Waals surface area contributed by atoms with Crippen molar-refractivity contribution in [2.75, 3.05) is 0 Å². The molecule has 0 amide bonds. The molecule has 0 radical (unpaired) electrons. The summed E-state index contributed by atoms with van der Waals surface area (Å²) < 4.78 is 5.40. The first-order chi connectivity index (χ1) is 14.1. The summed E-state index contributed by atoms with van der Waals surface area (Å²) in [5.41, 5.74) is 8.18. The normalized spacial score (nSPS) is 13.2. The lowest BCUT2D eigenvalue weighted by molar-refractivity contribution is 0.393. The van der Waals surface area contributed by atoms with E-state index in [1.54, 1.807) is 0 Å². The molecule has 4 nitrogen and oxygen atoms in total. The number of nitrogens with one attached hydrogen (secondary N) is 1. The van der Waals surface area contributed by atoms with Gasteiger partial charge in [0.1, 0.15) is 11.6 Å². The summed E-state index contributed by atoms with van der Waals surface area (Å²) in [6.07, 6.45) is 2.43. The van der Waals surface area contributed by atoms with Crippen molar-refractivity contribution in [2.45, 2.75) is 46.5 Å². The summed E-state index contributed by atoms with van der Waals surface area (Å²) in [4.78, 5) is 8.48. The lowest BCUT2D eigenvalue weighted by atomic mass is 9.94. The monoisotopic (exact) mass is 385 g/mol. The summed E-state index contributed by atoms with van der Waals surface area (Å²) >= 11 is 0. The number of aromatic nitrogens is 3. The number of rotatable bonds is 4. The minimum Gasteiger partial charge on any atom is -0.361 e. The molecule has 5 rings (SSSR count). The number of hydrogen-bond acceptors (Lipinski definition) is 3. The van der Waals surface area contributed by atoms with Crippen LogP contribution in [0.5, 0.6) is 0 Å². The van der Waals surface area contributed by atoms with Crippen LogP contribution in [0.2, 0.25) is 0 Å². The fourth-order valence-corrected chi connectivity index (χ4v) is 3.75. The SMILES string of the molecule is C=C(c1ccccc1)c1cc(-c2c(C)noc2C)cc2[nH]c(C3CC3)nc12.CC. The maximum atomic E-state index is 5.40. The van der Waals surface area contributed by atoms with Crippen LogP contribution in [0.1, 0.15) is 61.0 Å². The standard InChI is InChI=1S/C23H21N3O.C2H6/c1-13(16-7-5-4-6-8-16)19-11-18(21-14(2)26-27-15(21)3)12-20-22(19)25-23(24-20)17-9-10-17;1-2/h4-8,11-12,17H,1,9-10H2,2-3H3,(H,24,25);1-2H3. The number of hydrogen-bond donors (Lipinski definition) is 1. The molecule has 4 heteroatoms. The van der Waals surface area contributed by atoms with E-state index in [-0.39, 0.29) is 0 Å². The zero-order valence-electron chi connectivity index (χ0n) is 17.5. The predicted molar refractivity (Wildman–Crippen MR) is 119 cm³/mol. The van der Waals surface area contributed by atoms with Crippen molar-refractivity contribution in [3.63, 3.8) is 0 Å². The van der Waals surface area contributed by atoms with Crippen LogP contribution in [0.25, 0.3) is 27.7 Å². The topological polar surface area (TPSA) is 54.7 Å². The Hall–Kier alpha value is -3.14. The molecule has 29 heavy (non-hydrogen) atoms. The van der Waals surface area contributed by atoms with Crippen molar-refractivity contribution in [3.8, 4) is 11.1 Å². The molecule has 0 spiro atoms. The molecule has 1 aliphatic carbocycles. The van der Waals surface area contributed by atoms with Gasteiger partial charge in [0, 0.05) is 17.0 Å². The van der Waals surface area contributed by atoms with Gasteiger partial charge in [-0.2, -0.15) is 0 Å². The lowest BCUT2D eigenvalue weighted by Crippen LogP contribution is -1.91. The van der Waals surface area contributed by atoms with Gasteiger partial charge in [0.25, 0.3) is 0 Å². The van der Waals surface area contributed by atoms with Crippen LogP contribution in [0, 0.1) is 13.8 Å². The van der Waals surface area contributed by atoms with Gasteiger partial charge in [-0.3, -0.25) is 0 Å². The highest BCUT2D eigenvalue weighted by Crippen LogP contribution is 2.41. The molecule has 0 bridgehead atoms. The van der Waals surface area contributed by atoms with E-state index in [4.69, 9.17) is 9.51 Å². The third kappa shape index (κ3) is 3.51. The molecule has 4 aromatic rings. The van der Waals surface area contributed by atoms with Crippen molar-refractivity contribution in [2.24, 2.45) is 0 Å². The maximum Gasteiger partial charge on any atom is 0.141 e. The summed E-state index contributed by atoms with van der Waals surface area (Å²) in [6, 6.07) is 14.6. The zero-order chi connectivity index (χ0) is 20.5. The first-order valence-corrected chi connectivity index (χ1v) is 10.3. The minimum absolute atomic E-state index is 0.567. The fourth-order valence-electron chi connectivity index (χ4n) is 3.75. The van der Waals surface area contributed by atoms with Crippen LogP contribution in [0.4, 0.5) is 0 Å². The second kappa shape index (κ2) is 7.70. The molecule has 1 N–H and O–H groups in total. The van der Waals surface area contributed by atoms with Crippen LogP contribution in [-0.2, 0) is 0 Å². The molecule has 1 saturated carbocycles. The van der Waals surface area contributed by atoms with Gasteiger partial charge in [0.2, 0.25) is 0 Å². The Morgan fingerprint density at radius 1 is 1.10 bits per heavy atom. The summed E-state index contributed by atoms with van der Waals surface area (Å²) in [7, 11) is 0. The number of nitrogens with zero attached hydrogens (tertiary/aromatic N) is 2. The number of aryl methyl sites for hydroxylation is 2. The third-order valence-corrected chi connectivity index (χ3v) is 5.34. The van der Waals surface area contributed by atoms with Crippen LogP contribution in [0.3, 0.4) is 0 Å². The first-order valence-electron chi connectivity index (χ1n) is 10.3. The Morgan fingerprint density at radius 3 is 2.45 bits per heavy atom. The largest absolute Gasteiger partial charge is 0.361 e. The Bertz CT molecular complexity index is 1140. The van der Waals surface area contributed by atoms with Crippen LogP contribution >= 0.6 is 0 Å². The van der Waals surface area contributed by atoms with E-state index in [0.29, 0.717) is 5.92 Å². The zero-order valence-corrected chi connectivity index (χ0v) is 17.5. The first kappa shape index (κ1) is 19.2. The Morgan fingerprint density at radius 2 is 1.83 bits per heavy atom. The molecule has 1 aliphatic rings. The summed E-state index contributed by atoms with van der Waals surface area (Å²) in [6.45, 7) is 12.3. The predicted octanol–water partition coefficient (Wildman–Crippen LogP) is 6.80. The number of fused-ring (bicyclic) bond motifs is 1. The van der Waals surface area contributed by atoms with Crippen molar-refractivity contribution in [3.05, 3.63) is 77.4 Å². The average molecular weight is 386 g/mol. The van der Waals surface area contributed by atoms with Crippen molar-refractivity contribution in [1.82, 2.24) is 15.1 Å². The second-order valence-corrected chi connectivity index (χ2v) is 7.36.